The van der Waals surface area contributed by atoms with Crippen molar-refractivity contribution in [3.8, 4) is 6.07 Å². The van der Waals surface area contributed by atoms with E-state index in [1.54, 1.807) is 19.1 Å². The molecule has 1 aromatic heterocycles. The number of thiazole rings is 1. The molecule has 0 bridgehead atoms. The van der Waals surface area contributed by atoms with E-state index in [0.717, 1.165) is 31.3 Å². The summed E-state index contributed by atoms with van der Waals surface area (Å²) in [6.07, 6.45) is 8.20. The number of aromatic nitrogens is 1. The van der Waals surface area contributed by atoms with Gasteiger partial charge < -0.3 is 4.90 Å². The smallest absolute Gasteiger partial charge is 0.284 e. The van der Waals surface area contributed by atoms with E-state index >= 15 is 0 Å². The molecule has 1 N–H and O–H groups in total. The third-order valence-corrected chi connectivity index (χ3v) is 6.78. The second-order valence-electron chi connectivity index (χ2n) is 7.73. The van der Waals surface area contributed by atoms with Gasteiger partial charge in [-0.3, -0.25) is 4.79 Å². The second-order valence-corrected chi connectivity index (χ2v) is 10.7. The third kappa shape index (κ3) is 5.80. The first-order chi connectivity index (χ1) is 14.3. The summed E-state index contributed by atoms with van der Waals surface area (Å²) < 4.78 is 24.9. The van der Waals surface area contributed by atoms with E-state index in [4.69, 9.17) is 5.26 Å². The van der Waals surface area contributed by atoms with Crippen LogP contribution in [0, 0.1) is 24.2 Å². The number of carbonyl (C=O) groups is 1. The molecular weight excluding hydrogens is 420 g/mol. The molecule has 1 aliphatic carbocycles. The SMILES string of the molecule is Cc1sc(N(CC2CCCCCC2)c2ccc(C#N)cc2)nc1C(=O)NS(C)(=O)=O. The monoisotopic (exact) mass is 446 g/mol. The number of anilines is 2. The summed E-state index contributed by atoms with van der Waals surface area (Å²) in [5, 5.41) is 9.76. The molecule has 0 radical (unpaired) electrons. The number of amides is 1. The van der Waals surface area contributed by atoms with Gasteiger partial charge in [0.25, 0.3) is 5.91 Å². The Hall–Kier alpha value is -2.44. The van der Waals surface area contributed by atoms with Gasteiger partial charge in [0, 0.05) is 17.1 Å². The molecule has 1 fully saturated rings. The summed E-state index contributed by atoms with van der Waals surface area (Å²) in [5.74, 6) is -0.201. The van der Waals surface area contributed by atoms with Gasteiger partial charge in [-0.2, -0.15) is 5.26 Å². The number of nitrogens with one attached hydrogen (secondary N) is 1. The predicted octanol–water partition coefficient (Wildman–Crippen LogP) is 4.12. The van der Waals surface area contributed by atoms with E-state index in [2.05, 4.69) is 16.0 Å². The Morgan fingerprint density at radius 1 is 1.23 bits per heavy atom. The predicted molar refractivity (Wildman–Crippen MR) is 119 cm³/mol. The van der Waals surface area contributed by atoms with Crippen molar-refractivity contribution >= 4 is 38.1 Å². The maximum atomic E-state index is 12.4. The molecule has 1 aliphatic rings. The number of hydrogen-bond donors (Lipinski definition) is 1. The Balaban J connectivity index is 1.93. The molecule has 1 aromatic carbocycles. The van der Waals surface area contributed by atoms with Gasteiger partial charge in [0.15, 0.2) is 5.13 Å². The quantitative estimate of drug-likeness (QED) is 0.670. The van der Waals surface area contributed by atoms with Crippen LogP contribution in [0.15, 0.2) is 24.3 Å². The number of carbonyl (C=O) groups excluding carboxylic acids is 1. The van der Waals surface area contributed by atoms with Crippen LogP contribution in [0.5, 0.6) is 0 Å². The Bertz CT molecular complexity index is 1030. The lowest BCUT2D eigenvalue weighted by Gasteiger charge is -2.27. The minimum atomic E-state index is -3.66. The van der Waals surface area contributed by atoms with Gasteiger partial charge in [0.2, 0.25) is 10.0 Å². The number of hydrogen-bond acceptors (Lipinski definition) is 7. The van der Waals surface area contributed by atoms with Crippen LogP contribution in [0.3, 0.4) is 0 Å². The summed E-state index contributed by atoms with van der Waals surface area (Å²) in [7, 11) is -3.66. The number of nitriles is 1. The average Bonchev–Trinajstić information content (AvgIpc) is 2.90. The van der Waals surface area contributed by atoms with Crippen molar-refractivity contribution in [3.63, 3.8) is 0 Å². The minimum Gasteiger partial charge on any atom is -0.318 e. The van der Waals surface area contributed by atoms with Crippen molar-refractivity contribution in [2.45, 2.75) is 45.4 Å². The number of sulfonamides is 1. The third-order valence-electron chi connectivity index (χ3n) is 5.23. The van der Waals surface area contributed by atoms with Crippen LogP contribution in [-0.4, -0.2) is 32.1 Å². The lowest BCUT2D eigenvalue weighted by atomic mass is 9.99. The molecule has 1 heterocycles. The van der Waals surface area contributed by atoms with Crippen LogP contribution in [0.1, 0.15) is 59.5 Å². The van der Waals surface area contributed by atoms with Gasteiger partial charge >= 0.3 is 0 Å². The highest BCUT2D eigenvalue weighted by atomic mass is 32.2. The Labute approximate surface area is 181 Å². The first-order valence-electron chi connectivity index (χ1n) is 10.0. The Morgan fingerprint density at radius 2 is 1.87 bits per heavy atom. The van der Waals surface area contributed by atoms with E-state index in [9.17, 15) is 13.2 Å². The van der Waals surface area contributed by atoms with Gasteiger partial charge in [0.05, 0.1) is 17.9 Å². The standard InChI is InChI=1S/C21H26N4O3S2/c1-15-19(20(26)24-30(2,27)28)23-21(29-15)25(14-17-7-5-3-4-6-8-17)18-11-9-16(13-22)10-12-18/h9-12,17H,3-8,14H2,1-2H3,(H,24,26). The van der Waals surface area contributed by atoms with Crippen molar-refractivity contribution in [2.75, 3.05) is 17.7 Å². The van der Waals surface area contributed by atoms with Gasteiger partial charge in [0.1, 0.15) is 5.69 Å². The van der Waals surface area contributed by atoms with Crippen LogP contribution in [-0.2, 0) is 10.0 Å². The summed E-state index contributed by atoms with van der Waals surface area (Å²) in [6, 6.07) is 9.46. The molecule has 30 heavy (non-hydrogen) atoms. The Morgan fingerprint density at radius 3 is 2.43 bits per heavy atom. The molecular formula is C21H26N4O3S2. The largest absolute Gasteiger partial charge is 0.318 e. The number of aryl methyl sites for hydroxylation is 1. The molecule has 0 saturated heterocycles. The fourth-order valence-electron chi connectivity index (χ4n) is 3.74. The zero-order valence-corrected chi connectivity index (χ0v) is 18.9. The van der Waals surface area contributed by atoms with E-state index in [1.165, 1.54) is 37.0 Å². The lowest BCUT2D eigenvalue weighted by Crippen LogP contribution is -2.30. The molecule has 3 rings (SSSR count). The molecule has 0 spiro atoms. The van der Waals surface area contributed by atoms with Crippen molar-refractivity contribution in [3.05, 3.63) is 40.4 Å². The minimum absolute atomic E-state index is 0.125. The summed E-state index contributed by atoms with van der Waals surface area (Å²) in [6.45, 7) is 2.53. The summed E-state index contributed by atoms with van der Waals surface area (Å²) >= 11 is 1.37. The zero-order chi connectivity index (χ0) is 21.7. The first kappa shape index (κ1) is 22.2. The van der Waals surface area contributed by atoms with Crippen molar-refractivity contribution in [1.82, 2.24) is 9.71 Å². The number of benzene rings is 1. The molecule has 0 unspecified atom stereocenters. The first-order valence-corrected chi connectivity index (χ1v) is 12.7. The molecule has 9 heteroatoms. The maximum Gasteiger partial charge on any atom is 0.284 e. The highest BCUT2D eigenvalue weighted by Gasteiger charge is 2.24. The van der Waals surface area contributed by atoms with Gasteiger partial charge in [-0.05, 0) is 49.9 Å². The molecule has 1 amide bonds. The summed E-state index contributed by atoms with van der Waals surface area (Å²) in [4.78, 5) is 19.6. The Kier molecular flexibility index (Phi) is 7.10. The normalized spacial score (nSPS) is 15.2. The highest BCUT2D eigenvalue weighted by Crippen LogP contribution is 2.34. The highest BCUT2D eigenvalue weighted by molar-refractivity contribution is 7.89. The van der Waals surface area contributed by atoms with Crippen LogP contribution in [0.2, 0.25) is 0 Å². The van der Waals surface area contributed by atoms with Crippen LogP contribution < -0.4 is 9.62 Å². The second kappa shape index (κ2) is 9.58. The maximum absolute atomic E-state index is 12.4. The van der Waals surface area contributed by atoms with Crippen LogP contribution >= 0.6 is 11.3 Å². The van der Waals surface area contributed by atoms with Gasteiger partial charge in [-0.1, -0.05) is 25.7 Å². The van der Waals surface area contributed by atoms with Gasteiger partial charge in [-0.15, -0.1) is 11.3 Å². The number of nitrogens with zero attached hydrogens (tertiary/aromatic N) is 3. The lowest BCUT2D eigenvalue weighted by molar-refractivity contribution is 0.0977. The zero-order valence-electron chi connectivity index (χ0n) is 17.2. The number of rotatable bonds is 6. The molecule has 0 aliphatic heterocycles. The molecule has 0 atom stereocenters. The topological polar surface area (TPSA) is 103 Å². The molecule has 7 nitrogen and oxygen atoms in total. The van der Waals surface area contributed by atoms with Crippen molar-refractivity contribution < 1.29 is 13.2 Å². The van der Waals surface area contributed by atoms with E-state index < -0.39 is 15.9 Å². The van der Waals surface area contributed by atoms with E-state index in [1.807, 2.05) is 16.9 Å². The molecule has 160 valence electrons. The molecule has 2 aromatic rings. The molecule has 1 saturated carbocycles. The van der Waals surface area contributed by atoms with Crippen molar-refractivity contribution in [2.24, 2.45) is 5.92 Å². The van der Waals surface area contributed by atoms with Crippen LogP contribution in [0.4, 0.5) is 10.8 Å². The van der Waals surface area contributed by atoms with Crippen LogP contribution in [0.25, 0.3) is 0 Å². The summed E-state index contributed by atoms with van der Waals surface area (Å²) in [5.41, 5.74) is 1.61. The van der Waals surface area contributed by atoms with Crippen molar-refractivity contribution in [1.29, 1.82) is 5.26 Å². The fourth-order valence-corrected chi connectivity index (χ4v) is 5.11. The van der Waals surface area contributed by atoms with Gasteiger partial charge in [-0.25, -0.2) is 18.1 Å². The fraction of sp³-hybridized carbons (Fsp3) is 0.476. The van der Waals surface area contributed by atoms with E-state index in [0.29, 0.717) is 21.5 Å². The average molecular weight is 447 g/mol. The van der Waals surface area contributed by atoms with E-state index in [-0.39, 0.29) is 5.69 Å².